The zero-order valence-corrected chi connectivity index (χ0v) is 17.5. The first-order valence-corrected chi connectivity index (χ1v) is 10.2. The van der Waals surface area contributed by atoms with E-state index in [0.717, 1.165) is 11.3 Å². The number of benzene rings is 1. The number of hydrogen-bond acceptors (Lipinski definition) is 6. The molecule has 1 amide bonds. The van der Waals surface area contributed by atoms with E-state index in [1.807, 2.05) is 38.1 Å². The van der Waals surface area contributed by atoms with Gasteiger partial charge in [0, 0.05) is 18.0 Å². The monoisotopic (exact) mass is 429 g/mol. The molecule has 9 heteroatoms. The number of nitrogens with zero attached hydrogens (tertiary/aromatic N) is 3. The predicted molar refractivity (Wildman–Crippen MR) is 117 cm³/mol. The van der Waals surface area contributed by atoms with Gasteiger partial charge in [0.15, 0.2) is 5.16 Å². The number of carbonyl (C=O) groups excluding carboxylic acids is 1. The number of thioether (sulfide) groups is 1. The van der Waals surface area contributed by atoms with Crippen molar-refractivity contribution in [3.05, 3.63) is 69.6 Å². The first-order chi connectivity index (χ1) is 13.9. The summed E-state index contributed by atoms with van der Waals surface area (Å²) in [5, 5.41) is 3.09. The summed E-state index contributed by atoms with van der Waals surface area (Å²) >= 11 is 7.01. The molecule has 29 heavy (non-hydrogen) atoms. The van der Waals surface area contributed by atoms with Crippen molar-refractivity contribution in [2.75, 3.05) is 11.1 Å². The highest BCUT2D eigenvalue weighted by molar-refractivity contribution is 8.00. The van der Waals surface area contributed by atoms with Crippen LogP contribution >= 0.6 is 23.4 Å². The molecule has 3 N–H and O–H groups in total. The van der Waals surface area contributed by atoms with Gasteiger partial charge in [-0.1, -0.05) is 42.4 Å². The molecule has 0 fully saturated rings. The lowest BCUT2D eigenvalue weighted by molar-refractivity contribution is -0.115. The Morgan fingerprint density at radius 2 is 2.10 bits per heavy atom. The van der Waals surface area contributed by atoms with Gasteiger partial charge in [0.2, 0.25) is 5.91 Å². The van der Waals surface area contributed by atoms with Crippen molar-refractivity contribution in [1.82, 2.24) is 14.5 Å². The van der Waals surface area contributed by atoms with E-state index in [4.69, 9.17) is 17.3 Å². The SMILES string of the molecule is CC[C@@H](Sc1nc(=O)cc(N)n1-c1cccc(C)c1)C(=O)Nc1ccc(Cl)cn1. The van der Waals surface area contributed by atoms with Crippen molar-refractivity contribution in [1.29, 1.82) is 0 Å². The van der Waals surface area contributed by atoms with Gasteiger partial charge in [0.25, 0.3) is 5.56 Å². The van der Waals surface area contributed by atoms with Crippen LogP contribution in [0.25, 0.3) is 5.69 Å². The number of hydrogen-bond donors (Lipinski definition) is 2. The highest BCUT2D eigenvalue weighted by atomic mass is 35.5. The number of pyridine rings is 1. The number of anilines is 2. The second-order valence-corrected chi connectivity index (χ2v) is 7.95. The van der Waals surface area contributed by atoms with Gasteiger partial charge in [-0.3, -0.25) is 14.2 Å². The molecule has 0 spiro atoms. The van der Waals surface area contributed by atoms with Crippen LogP contribution < -0.4 is 16.6 Å². The summed E-state index contributed by atoms with van der Waals surface area (Å²) in [7, 11) is 0. The van der Waals surface area contributed by atoms with Crippen molar-refractivity contribution in [2.24, 2.45) is 0 Å². The smallest absolute Gasteiger partial charge is 0.275 e. The lowest BCUT2D eigenvalue weighted by Crippen LogP contribution is -2.26. The molecule has 0 aliphatic heterocycles. The maximum absolute atomic E-state index is 12.8. The van der Waals surface area contributed by atoms with Gasteiger partial charge < -0.3 is 11.1 Å². The van der Waals surface area contributed by atoms with Crippen LogP contribution in [0.5, 0.6) is 0 Å². The Morgan fingerprint density at radius 1 is 1.31 bits per heavy atom. The molecule has 2 aromatic heterocycles. The van der Waals surface area contributed by atoms with E-state index in [0.29, 0.717) is 22.4 Å². The van der Waals surface area contributed by atoms with Gasteiger partial charge in [0.05, 0.1) is 10.3 Å². The molecule has 0 unspecified atom stereocenters. The van der Waals surface area contributed by atoms with E-state index in [2.05, 4.69) is 15.3 Å². The molecule has 3 rings (SSSR count). The third-order valence-corrected chi connectivity index (χ3v) is 5.62. The highest BCUT2D eigenvalue weighted by Gasteiger charge is 2.22. The molecule has 7 nitrogen and oxygen atoms in total. The summed E-state index contributed by atoms with van der Waals surface area (Å²) in [6.07, 6.45) is 1.97. The van der Waals surface area contributed by atoms with Crippen LogP contribution in [0, 0.1) is 6.92 Å². The van der Waals surface area contributed by atoms with Crippen LogP contribution in [-0.2, 0) is 4.79 Å². The molecule has 150 valence electrons. The largest absolute Gasteiger partial charge is 0.385 e. The Bertz CT molecular complexity index is 1080. The van der Waals surface area contributed by atoms with E-state index in [1.165, 1.54) is 24.0 Å². The van der Waals surface area contributed by atoms with Crippen LogP contribution in [0.4, 0.5) is 11.6 Å². The Hall–Kier alpha value is -2.84. The van der Waals surface area contributed by atoms with Crippen molar-refractivity contribution in [2.45, 2.75) is 30.7 Å². The summed E-state index contributed by atoms with van der Waals surface area (Å²) in [6.45, 7) is 3.85. The zero-order valence-electron chi connectivity index (χ0n) is 15.9. The first-order valence-electron chi connectivity index (χ1n) is 8.93. The molecule has 2 heterocycles. The quantitative estimate of drug-likeness (QED) is 0.457. The number of carbonyl (C=O) groups is 1. The number of nitrogen functional groups attached to an aromatic ring is 1. The number of amides is 1. The number of nitrogens with two attached hydrogens (primary N) is 1. The standard InChI is InChI=1S/C20H20ClN5O2S/c1-3-15(19(28)24-17-8-7-13(21)11-23-17)29-20-25-18(27)10-16(22)26(20)14-6-4-5-12(2)9-14/h4-11,15H,3,22H2,1-2H3,(H,23,24,28)/t15-/m1/s1. The number of rotatable bonds is 6. The minimum Gasteiger partial charge on any atom is -0.385 e. The molecule has 0 saturated heterocycles. The van der Waals surface area contributed by atoms with Gasteiger partial charge in [0.1, 0.15) is 11.6 Å². The topological polar surface area (TPSA) is 103 Å². The van der Waals surface area contributed by atoms with Crippen molar-refractivity contribution in [3.8, 4) is 5.69 Å². The average molecular weight is 430 g/mol. The Kier molecular flexibility index (Phi) is 6.56. The van der Waals surface area contributed by atoms with Crippen molar-refractivity contribution >= 4 is 40.9 Å². The zero-order chi connectivity index (χ0) is 21.0. The maximum atomic E-state index is 12.8. The molecule has 1 atom stereocenters. The number of halogens is 1. The number of nitrogens with one attached hydrogen (secondary N) is 1. The van der Waals surface area contributed by atoms with Gasteiger partial charge in [-0.25, -0.2) is 4.98 Å². The van der Waals surface area contributed by atoms with Crippen molar-refractivity contribution in [3.63, 3.8) is 0 Å². The number of aryl methyl sites for hydroxylation is 1. The summed E-state index contributed by atoms with van der Waals surface area (Å²) in [4.78, 5) is 32.9. The fourth-order valence-corrected chi connectivity index (χ4v) is 3.85. The lowest BCUT2D eigenvalue weighted by Gasteiger charge is -2.19. The third kappa shape index (κ3) is 5.16. The molecule has 0 aliphatic carbocycles. The van der Waals surface area contributed by atoms with Crippen LogP contribution in [0.1, 0.15) is 18.9 Å². The molecule has 0 saturated carbocycles. The normalized spacial score (nSPS) is 11.8. The van der Waals surface area contributed by atoms with Crippen molar-refractivity contribution < 1.29 is 4.79 Å². The van der Waals surface area contributed by atoms with E-state index in [9.17, 15) is 9.59 Å². The van der Waals surface area contributed by atoms with Gasteiger partial charge in [-0.05, 0) is 43.2 Å². The highest BCUT2D eigenvalue weighted by Crippen LogP contribution is 2.28. The summed E-state index contributed by atoms with van der Waals surface area (Å²) in [6, 6.07) is 12.2. The van der Waals surface area contributed by atoms with Crippen LogP contribution in [0.15, 0.2) is 58.6 Å². The predicted octanol–water partition coefficient (Wildman–Crippen LogP) is 3.68. The van der Waals surface area contributed by atoms with E-state index in [-0.39, 0.29) is 11.7 Å². The van der Waals surface area contributed by atoms with E-state index < -0.39 is 10.8 Å². The fraction of sp³-hybridized carbons (Fsp3) is 0.200. The number of aromatic nitrogens is 3. The molecule has 3 aromatic rings. The maximum Gasteiger partial charge on any atom is 0.275 e. The molecule has 1 aromatic carbocycles. The van der Waals surface area contributed by atoms with Crippen LogP contribution in [-0.4, -0.2) is 25.7 Å². The Morgan fingerprint density at radius 3 is 2.76 bits per heavy atom. The van der Waals surface area contributed by atoms with Gasteiger partial charge >= 0.3 is 0 Å². The Balaban J connectivity index is 1.91. The van der Waals surface area contributed by atoms with Crippen LogP contribution in [0.3, 0.4) is 0 Å². The minimum atomic E-state index is -0.503. The molecule has 0 radical (unpaired) electrons. The summed E-state index contributed by atoms with van der Waals surface area (Å²) in [5.74, 6) is 0.405. The molecular weight excluding hydrogens is 410 g/mol. The summed E-state index contributed by atoms with van der Waals surface area (Å²) < 4.78 is 1.68. The Labute approximate surface area is 177 Å². The molecular formula is C20H20ClN5O2S. The average Bonchev–Trinajstić information content (AvgIpc) is 2.67. The molecule has 0 aliphatic rings. The van der Waals surface area contributed by atoms with Crippen LogP contribution in [0.2, 0.25) is 5.02 Å². The molecule has 0 bridgehead atoms. The second kappa shape index (κ2) is 9.11. The van der Waals surface area contributed by atoms with E-state index in [1.54, 1.807) is 16.7 Å². The van der Waals surface area contributed by atoms with Gasteiger partial charge in [-0.2, -0.15) is 4.98 Å². The summed E-state index contributed by atoms with van der Waals surface area (Å²) in [5.41, 5.74) is 7.47. The van der Waals surface area contributed by atoms with Gasteiger partial charge in [-0.15, -0.1) is 0 Å². The third-order valence-electron chi connectivity index (χ3n) is 4.08. The minimum absolute atomic E-state index is 0.250. The van der Waals surface area contributed by atoms with E-state index >= 15 is 0 Å². The first kappa shape index (κ1) is 20.9. The fourth-order valence-electron chi connectivity index (χ4n) is 2.69. The second-order valence-electron chi connectivity index (χ2n) is 6.34. The lowest BCUT2D eigenvalue weighted by atomic mass is 10.2.